The Labute approximate surface area is 105 Å². The highest BCUT2D eigenvalue weighted by molar-refractivity contribution is 5.92. The van der Waals surface area contributed by atoms with Gasteiger partial charge in [-0.05, 0) is 19.9 Å². The van der Waals surface area contributed by atoms with Gasteiger partial charge < -0.3 is 19.8 Å². The smallest absolute Gasteiger partial charge is 0.267 e. The van der Waals surface area contributed by atoms with Gasteiger partial charge in [0.05, 0.1) is 6.54 Å². The number of aromatic nitrogens is 1. The normalized spacial score (nSPS) is 10.6. The van der Waals surface area contributed by atoms with Crippen LogP contribution in [0.2, 0.25) is 0 Å². The van der Waals surface area contributed by atoms with Crippen LogP contribution in [0.15, 0.2) is 23.0 Å². The van der Waals surface area contributed by atoms with Crippen LogP contribution in [0.5, 0.6) is 0 Å². The van der Waals surface area contributed by atoms with Crippen LogP contribution >= 0.6 is 0 Å². The van der Waals surface area contributed by atoms with Crippen LogP contribution in [0.4, 0.5) is 0 Å². The molecule has 0 unspecified atom stereocenters. The van der Waals surface area contributed by atoms with Gasteiger partial charge >= 0.3 is 0 Å². The summed E-state index contributed by atoms with van der Waals surface area (Å²) in [5, 5.41) is 2.64. The number of carbonyl (C=O) groups excluding carboxylic acids is 1. The Morgan fingerprint density at radius 3 is 2.56 bits per heavy atom. The van der Waals surface area contributed by atoms with Crippen LogP contribution in [0.1, 0.15) is 24.3 Å². The number of hydrogen-bond acceptors (Lipinski definition) is 4. The molecule has 0 bridgehead atoms. The Hall–Kier alpha value is -1.66. The van der Waals surface area contributed by atoms with Gasteiger partial charge in [0.2, 0.25) is 5.56 Å². The van der Waals surface area contributed by atoms with E-state index < -0.39 is 6.29 Å². The molecule has 1 heterocycles. The Bertz CT molecular complexity index is 424. The zero-order chi connectivity index (χ0) is 13.4. The topological polar surface area (TPSA) is 80.4 Å². The minimum Gasteiger partial charge on any atom is -0.351 e. The average molecular weight is 254 g/mol. The number of rotatable bonds is 7. The van der Waals surface area contributed by atoms with Crippen LogP contribution in [-0.4, -0.2) is 36.9 Å². The third kappa shape index (κ3) is 4.68. The first-order chi connectivity index (χ1) is 8.67. The van der Waals surface area contributed by atoms with E-state index in [0.29, 0.717) is 13.2 Å². The number of H-pyrrole nitrogens is 1. The molecule has 0 saturated heterocycles. The lowest BCUT2D eigenvalue weighted by Gasteiger charge is -2.17. The van der Waals surface area contributed by atoms with E-state index >= 15 is 0 Å². The lowest BCUT2D eigenvalue weighted by atomic mass is 10.3. The molecule has 100 valence electrons. The fraction of sp³-hybridized carbons (Fsp3) is 0.500. The van der Waals surface area contributed by atoms with Gasteiger partial charge in [0, 0.05) is 19.3 Å². The minimum atomic E-state index is -0.473. The van der Waals surface area contributed by atoms with E-state index in [-0.39, 0.29) is 23.7 Å². The van der Waals surface area contributed by atoms with Gasteiger partial charge in [-0.15, -0.1) is 0 Å². The Balaban J connectivity index is 2.51. The Kier molecular flexibility index (Phi) is 6.10. The molecule has 0 aliphatic heterocycles. The predicted molar refractivity (Wildman–Crippen MR) is 66.4 cm³/mol. The average Bonchev–Trinajstić information content (AvgIpc) is 2.36. The number of nitrogens with one attached hydrogen (secondary N) is 2. The third-order valence-electron chi connectivity index (χ3n) is 2.15. The Morgan fingerprint density at radius 2 is 2.00 bits per heavy atom. The van der Waals surface area contributed by atoms with Crippen molar-refractivity contribution in [3.8, 4) is 0 Å². The van der Waals surface area contributed by atoms with Gasteiger partial charge in [0.25, 0.3) is 5.91 Å². The highest BCUT2D eigenvalue weighted by Crippen LogP contribution is 1.95. The summed E-state index contributed by atoms with van der Waals surface area (Å²) in [6, 6.07) is 4.41. The molecule has 6 nitrogen and oxygen atoms in total. The molecule has 1 rings (SSSR count). The van der Waals surface area contributed by atoms with Crippen LogP contribution in [0.25, 0.3) is 0 Å². The summed E-state index contributed by atoms with van der Waals surface area (Å²) >= 11 is 0. The van der Waals surface area contributed by atoms with Crippen LogP contribution in [0, 0.1) is 0 Å². The van der Waals surface area contributed by atoms with Crippen molar-refractivity contribution in [3.63, 3.8) is 0 Å². The summed E-state index contributed by atoms with van der Waals surface area (Å²) in [5.41, 5.74) is -0.0944. The molecule has 1 aromatic rings. The second-order valence-corrected chi connectivity index (χ2v) is 3.48. The van der Waals surface area contributed by atoms with Gasteiger partial charge in [-0.25, -0.2) is 0 Å². The molecule has 0 saturated carbocycles. The first-order valence-electron chi connectivity index (χ1n) is 5.88. The minimum absolute atomic E-state index is 0.217. The number of amides is 1. The molecule has 6 heteroatoms. The van der Waals surface area contributed by atoms with Gasteiger partial charge in [0.15, 0.2) is 6.29 Å². The van der Waals surface area contributed by atoms with E-state index in [0.717, 1.165) is 0 Å². The predicted octanol–water partition coefficient (Wildman–Crippen LogP) is 0.504. The zero-order valence-corrected chi connectivity index (χ0v) is 10.6. The molecule has 1 aromatic heterocycles. The van der Waals surface area contributed by atoms with Crippen molar-refractivity contribution in [2.75, 3.05) is 19.8 Å². The molecule has 0 spiro atoms. The van der Waals surface area contributed by atoms with Gasteiger partial charge in [-0.3, -0.25) is 9.59 Å². The molecule has 0 aliphatic rings. The van der Waals surface area contributed by atoms with Crippen molar-refractivity contribution in [3.05, 3.63) is 34.2 Å². The highest BCUT2D eigenvalue weighted by Gasteiger charge is 2.11. The number of hydrogen-bond donors (Lipinski definition) is 2. The summed E-state index contributed by atoms with van der Waals surface area (Å²) in [5.74, 6) is -0.364. The molecular formula is C12H18N2O4. The number of ether oxygens (including phenoxy) is 2. The number of pyridine rings is 1. The first kappa shape index (κ1) is 14.4. The van der Waals surface area contributed by atoms with Crippen LogP contribution in [-0.2, 0) is 9.47 Å². The summed E-state index contributed by atoms with van der Waals surface area (Å²) in [6.07, 6.45) is -0.473. The summed E-state index contributed by atoms with van der Waals surface area (Å²) in [6.45, 7) is 4.94. The van der Waals surface area contributed by atoms with Crippen molar-refractivity contribution in [1.82, 2.24) is 10.3 Å². The Morgan fingerprint density at radius 1 is 1.33 bits per heavy atom. The molecule has 0 aromatic carbocycles. The second kappa shape index (κ2) is 7.62. The molecular weight excluding hydrogens is 236 g/mol. The largest absolute Gasteiger partial charge is 0.351 e. The van der Waals surface area contributed by atoms with Gasteiger partial charge in [0.1, 0.15) is 5.69 Å². The van der Waals surface area contributed by atoms with Crippen molar-refractivity contribution >= 4 is 5.91 Å². The third-order valence-corrected chi connectivity index (χ3v) is 2.15. The van der Waals surface area contributed by atoms with Crippen molar-refractivity contribution < 1.29 is 14.3 Å². The van der Waals surface area contributed by atoms with E-state index in [4.69, 9.17) is 9.47 Å². The molecule has 0 radical (unpaired) electrons. The van der Waals surface area contributed by atoms with Crippen molar-refractivity contribution in [2.45, 2.75) is 20.1 Å². The molecule has 0 aliphatic carbocycles. The quantitative estimate of drug-likeness (QED) is 0.694. The first-order valence-corrected chi connectivity index (χ1v) is 5.88. The summed E-state index contributed by atoms with van der Waals surface area (Å²) in [4.78, 5) is 25.2. The molecule has 1 amide bonds. The second-order valence-electron chi connectivity index (χ2n) is 3.48. The fourth-order valence-corrected chi connectivity index (χ4v) is 1.39. The maximum atomic E-state index is 11.7. The fourth-order valence-electron chi connectivity index (χ4n) is 1.39. The van der Waals surface area contributed by atoms with Gasteiger partial charge in [-0.2, -0.15) is 0 Å². The summed E-state index contributed by atoms with van der Waals surface area (Å²) < 4.78 is 10.6. The maximum absolute atomic E-state index is 11.7. The van der Waals surface area contributed by atoms with Crippen LogP contribution in [0.3, 0.4) is 0 Å². The lowest BCUT2D eigenvalue weighted by molar-refractivity contribution is -0.131. The van der Waals surface area contributed by atoms with Crippen molar-refractivity contribution in [2.24, 2.45) is 0 Å². The van der Waals surface area contributed by atoms with Crippen LogP contribution < -0.4 is 10.9 Å². The molecule has 18 heavy (non-hydrogen) atoms. The molecule has 2 N–H and O–H groups in total. The summed E-state index contributed by atoms with van der Waals surface area (Å²) in [7, 11) is 0. The zero-order valence-electron chi connectivity index (χ0n) is 10.6. The number of aromatic amines is 1. The van der Waals surface area contributed by atoms with E-state index in [1.165, 1.54) is 18.2 Å². The van der Waals surface area contributed by atoms with E-state index in [9.17, 15) is 9.59 Å². The highest BCUT2D eigenvalue weighted by atomic mass is 16.7. The van der Waals surface area contributed by atoms with E-state index in [1.54, 1.807) is 0 Å². The van der Waals surface area contributed by atoms with Gasteiger partial charge in [-0.1, -0.05) is 6.07 Å². The molecule has 0 atom stereocenters. The molecule has 0 fully saturated rings. The monoisotopic (exact) mass is 254 g/mol. The maximum Gasteiger partial charge on any atom is 0.267 e. The lowest BCUT2D eigenvalue weighted by Crippen LogP contribution is -2.36. The van der Waals surface area contributed by atoms with E-state index in [2.05, 4.69) is 10.3 Å². The van der Waals surface area contributed by atoms with Crippen molar-refractivity contribution in [1.29, 1.82) is 0 Å². The number of carbonyl (C=O) groups is 1. The standard InChI is InChI=1S/C12H18N2O4/c1-3-17-11(18-4-2)8-13-12(16)9-6-5-7-10(15)14-9/h5-7,11H,3-4,8H2,1-2H3,(H,13,16)(H,14,15). The van der Waals surface area contributed by atoms with E-state index in [1.807, 2.05) is 13.8 Å². The SMILES string of the molecule is CCOC(CNC(=O)c1cccc(=O)[nH]1)OCC.